The van der Waals surface area contributed by atoms with Gasteiger partial charge in [-0.05, 0) is 54.4 Å². The van der Waals surface area contributed by atoms with E-state index >= 15 is 0 Å². The Kier molecular flexibility index (Phi) is 2.90. The van der Waals surface area contributed by atoms with Gasteiger partial charge in [0.2, 0.25) is 0 Å². The second-order valence-electron chi connectivity index (χ2n) is 4.77. The molecule has 0 atom stereocenters. The highest BCUT2D eigenvalue weighted by molar-refractivity contribution is 9.10. The third-order valence-electron chi connectivity index (χ3n) is 3.28. The molecule has 3 nitrogen and oxygen atoms in total. The highest BCUT2D eigenvalue weighted by Crippen LogP contribution is 2.26. The molecule has 0 bridgehead atoms. The quantitative estimate of drug-likeness (QED) is 0.677. The van der Waals surface area contributed by atoms with Crippen LogP contribution < -0.4 is 0 Å². The first kappa shape index (κ1) is 12.4. The lowest BCUT2D eigenvalue weighted by atomic mass is 10.0. The van der Waals surface area contributed by atoms with E-state index in [9.17, 15) is 0 Å². The molecule has 0 spiro atoms. The van der Waals surface area contributed by atoms with E-state index in [1.807, 2.05) is 26.1 Å². The Morgan fingerprint density at radius 2 is 1.95 bits per heavy atom. The summed E-state index contributed by atoms with van der Waals surface area (Å²) in [5.41, 5.74) is 6.55. The first-order valence-electron chi connectivity index (χ1n) is 6.14. The van der Waals surface area contributed by atoms with Crippen LogP contribution in [0.4, 0.5) is 0 Å². The number of fused-ring (bicyclic) bond motifs is 1. The monoisotopic (exact) mass is 315 g/mol. The molecule has 3 rings (SSSR count). The van der Waals surface area contributed by atoms with Crippen molar-refractivity contribution in [3.05, 3.63) is 52.1 Å². The van der Waals surface area contributed by atoms with E-state index in [4.69, 9.17) is 0 Å². The summed E-state index contributed by atoms with van der Waals surface area (Å²) in [4.78, 5) is 8.92. The first-order chi connectivity index (χ1) is 9.06. The van der Waals surface area contributed by atoms with Crippen molar-refractivity contribution in [1.82, 2.24) is 14.4 Å². The highest BCUT2D eigenvalue weighted by atomic mass is 79.9. The maximum atomic E-state index is 4.53. The van der Waals surface area contributed by atoms with Crippen molar-refractivity contribution in [2.75, 3.05) is 0 Å². The van der Waals surface area contributed by atoms with Gasteiger partial charge in [-0.2, -0.15) is 0 Å². The van der Waals surface area contributed by atoms with Crippen LogP contribution in [0.5, 0.6) is 0 Å². The van der Waals surface area contributed by atoms with Gasteiger partial charge < -0.3 is 0 Å². The normalized spacial score (nSPS) is 11.2. The molecular weight excluding hydrogens is 302 g/mol. The fraction of sp³-hybridized carbons (Fsp3) is 0.200. The molecule has 3 aromatic heterocycles. The van der Waals surface area contributed by atoms with Crippen LogP contribution in [0.15, 0.2) is 35.2 Å². The Morgan fingerprint density at radius 1 is 1.16 bits per heavy atom. The molecule has 0 aliphatic rings. The van der Waals surface area contributed by atoms with Gasteiger partial charge in [0, 0.05) is 28.7 Å². The van der Waals surface area contributed by atoms with Crippen molar-refractivity contribution >= 4 is 21.6 Å². The average molecular weight is 316 g/mol. The first-order valence-corrected chi connectivity index (χ1v) is 6.93. The predicted octanol–water partition coefficient (Wildman–Crippen LogP) is 4.08. The summed E-state index contributed by atoms with van der Waals surface area (Å²) >= 11 is 3.52. The average Bonchev–Trinajstić information content (AvgIpc) is 2.72. The number of hydrogen-bond acceptors (Lipinski definition) is 2. The molecule has 3 aromatic rings. The standard InChI is InChI=1S/C15H14BrN3/c1-9-6-12(8-19-14(16)7-17-15(9)19)13-5-4-10(2)18-11(13)3/h4-8H,1-3H3. The van der Waals surface area contributed by atoms with Gasteiger partial charge in [0.1, 0.15) is 10.3 Å². The molecular formula is C15H14BrN3. The van der Waals surface area contributed by atoms with Crippen LogP contribution in [-0.4, -0.2) is 14.4 Å². The highest BCUT2D eigenvalue weighted by Gasteiger charge is 2.09. The topological polar surface area (TPSA) is 30.2 Å². The molecule has 0 amide bonds. The summed E-state index contributed by atoms with van der Waals surface area (Å²) in [5, 5.41) is 0. The van der Waals surface area contributed by atoms with Gasteiger partial charge in [0.15, 0.2) is 0 Å². The van der Waals surface area contributed by atoms with Crippen molar-refractivity contribution in [2.24, 2.45) is 0 Å². The van der Waals surface area contributed by atoms with Crippen molar-refractivity contribution in [3.8, 4) is 11.1 Å². The minimum Gasteiger partial charge on any atom is -0.293 e. The number of imidazole rings is 1. The van der Waals surface area contributed by atoms with Crippen molar-refractivity contribution in [1.29, 1.82) is 0 Å². The second-order valence-corrected chi connectivity index (χ2v) is 5.58. The maximum Gasteiger partial charge on any atom is 0.140 e. The number of nitrogens with zero attached hydrogens (tertiary/aromatic N) is 3. The molecule has 3 heterocycles. The number of rotatable bonds is 1. The summed E-state index contributed by atoms with van der Waals surface area (Å²) in [6.07, 6.45) is 3.92. The fourth-order valence-corrected chi connectivity index (χ4v) is 2.74. The summed E-state index contributed by atoms with van der Waals surface area (Å²) in [5.74, 6) is 0. The Hall–Kier alpha value is -1.68. The van der Waals surface area contributed by atoms with Gasteiger partial charge in [0.25, 0.3) is 0 Å². The number of pyridine rings is 2. The summed E-state index contributed by atoms with van der Waals surface area (Å²) < 4.78 is 3.02. The fourth-order valence-electron chi connectivity index (χ4n) is 2.37. The zero-order valence-corrected chi connectivity index (χ0v) is 12.7. The minimum absolute atomic E-state index is 0.963. The van der Waals surface area contributed by atoms with Crippen LogP contribution >= 0.6 is 15.9 Å². The minimum atomic E-state index is 0.963. The third-order valence-corrected chi connectivity index (χ3v) is 3.87. The van der Waals surface area contributed by atoms with Crippen LogP contribution in [0.25, 0.3) is 16.8 Å². The lowest BCUT2D eigenvalue weighted by Gasteiger charge is -2.09. The molecule has 96 valence electrons. The lowest BCUT2D eigenvalue weighted by molar-refractivity contribution is 1.11. The van der Waals surface area contributed by atoms with Gasteiger partial charge in [-0.1, -0.05) is 6.07 Å². The molecule has 0 fully saturated rings. The van der Waals surface area contributed by atoms with Crippen LogP contribution in [-0.2, 0) is 0 Å². The SMILES string of the molecule is Cc1ccc(-c2cc(C)c3ncc(Br)n3c2)c(C)n1. The Balaban J connectivity index is 2.27. The number of aromatic nitrogens is 3. The van der Waals surface area contributed by atoms with E-state index in [0.717, 1.165) is 38.3 Å². The van der Waals surface area contributed by atoms with E-state index in [1.165, 1.54) is 0 Å². The van der Waals surface area contributed by atoms with Crippen LogP contribution in [0.3, 0.4) is 0 Å². The zero-order chi connectivity index (χ0) is 13.6. The van der Waals surface area contributed by atoms with E-state index in [0.29, 0.717) is 0 Å². The van der Waals surface area contributed by atoms with E-state index in [1.54, 1.807) is 0 Å². The molecule has 0 aliphatic heterocycles. The number of aryl methyl sites for hydroxylation is 3. The van der Waals surface area contributed by atoms with Crippen LogP contribution in [0.1, 0.15) is 17.0 Å². The molecule has 19 heavy (non-hydrogen) atoms. The largest absolute Gasteiger partial charge is 0.293 e. The Labute approximate surface area is 120 Å². The lowest BCUT2D eigenvalue weighted by Crippen LogP contribution is -1.94. The van der Waals surface area contributed by atoms with Gasteiger partial charge in [0.05, 0.1) is 6.20 Å². The molecule has 0 aliphatic carbocycles. The molecule has 0 aromatic carbocycles. The van der Waals surface area contributed by atoms with Gasteiger partial charge in [-0.15, -0.1) is 0 Å². The molecule has 4 heteroatoms. The smallest absolute Gasteiger partial charge is 0.140 e. The molecule has 0 N–H and O–H groups in total. The molecule has 0 unspecified atom stereocenters. The Bertz CT molecular complexity index is 774. The van der Waals surface area contributed by atoms with E-state index in [-0.39, 0.29) is 0 Å². The molecule has 0 radical (unpaired) electrons. The number of halogens is 1. The predicted molar refractivity (Wildman–Crippen MR) is 80.3 cm³/mol. The van der Waals surface area contributed by atoms with Gasteiger partial charge >= 0.3 is 0 Å². The van der Waals surface area contributed by atoms with Crippen molar-refractivity contribution in [3.63, 3.8) is 0 Å². The maximum absolute atomic E-state index is 4.53. The summed E-state index contributed by atoms with van der Waals surface area (Å²) in [6, 6.07) is 6.34. The van der Waals surface area contributed by atoms with Crippen LogP contribution in [0.2, 0.25) is 0 Å². The summed E-state index contributed by atoms with van der Waals surface area (Å²) in [7, 11) is 0. The van der Waals surface area contributed by atoms with Crippen molar-refractivity contribution < 1.29 is 0 Å². The van der Waals surface area contributed by atoms with Crippen molar-refractivity contribution in [2.45, 2.75) is 20.8 Å². The zero-order valence-electron chi connectivity index (χ0n) is 11.1. The van der Waals surface area contributed by atoms with E-state index < -0.39 is 0 Å². The summed E-state index contributed by atoms with van der Waals surface area (Å²) in [6.45, 7) is 6.14. The Morgan fingerprint density at radius 3 is 2.68 bits per heavy atom. The number of hydrogen-bond donors (Lipinski definition) is 0. The second kappa shape index (κ2) is 4.46. The van der Waals surface area contributed by atoms with E-state index in [2.05, 4.69) is 55.6 Å². The third kappa shape index (κ3) is 2.06. The molecule has 0 saturated carbocycles. The van der Waals surface area contributed by atoms with Crippen LogP contribution in [0, 0.1) is 20.8 Å². The van der Waals surface area contributed by atoms with Gasteiger partial charge in [-0.25, -0.2) is 4.98 Å². The van der Waals surface area contributed by atoms with Gasteiger partial charge in [-0.3, -0.25) is 9.38 Å². The molecule has 0 saturated heterocycles.